The van der Waals surface area contributed by atoms with Crippen LogP contribution < -0.4 is 15.5 Å². The molecule has 21 heavy (non-hydrogen) atoms. The molecule has 0 unspecified atom stereocenters. The number of hydrogen-bond acceptors (Lipinski definition) is 5. The van der Waals surface area contributed by atoms with Crippen molar-refractivity contribution in [2.24, 2.45) is 0 Å². The van der Waals surface area contributed by atoms with Gasteiger partial charge in [-0.25, -0.2) is 4.79 Å². The maximum absolute atomic E-state index is 11.9. The van der Waals surface area contributed by atoms with Crippen LogP contribution in [0.1, 0.15) is 20.8 Å². The summed E-state index contributed by atoms with van der Waals surface area (Å²) in [5.74, 6) is 0.179. The number of rotatable bonds is 2. The molecule has 2 rings (SSSR count). The minimum atomic E-state index is -0.545. The third-order valence-electron chi connectivity index (χ3n) is 3.07. The van der Waals surface area contributed by atoms with Gasteiger partial charge in [-0.05, 0) is 32.9 Å². The smallest absolute Gasteiger partial charge is 0.412 e. The summed E-state index contributed by atoms with van der Waals surface area (Å²) in [6.07, 6.45) is -0.496. The Balaban J connectivity index is 2.16. The molecule has 3 N–H and O–H groups in total. The Bertz CT molecular complexity index is 505. The van der Waals surface area contributed by atoms with Gasteiger partial charge in [-0.15, -0.1) is 0 Å². The fourth-order valence-corrected chi connectivity index (χ4v) is 2.21. The standard InChI is InChI=1S/C15H23N3O3/c1-15(2,3)21-14(20)17-12-5-4-11(19)10-13(12)18-8-6-16-7-9-18/h4-5,10,16,19H,6-9H2,1-3H3,(H,17,20). The van der Waals surface area contributed by atoms with Gasteiger partial charge in [0.2, 0.25) is 0 Å². The normalized spacial score (nSPS) is 15.7. The highest BCUT2D eigenvalue weighted by Crippen LogP contribution is 2.30. The number of ether oxygens (including phenoxy) is 1. The summed E-state index contributed by atoms with van der Waals surface area (Å²) < 4.78 is 5.27. The number of carbonyl (C=O) groups is 1. The van der Waals surface area contributed by atoms with Gasteiger partial charge in [-0.2, -0.15) is 0 Å². The lowest BCUT2D eigenvalue weighted by Crippen LogP contribution is -2.43. The van der Waals surface area contributed by atoms with Crippen LogP contribution in [0.3, 0.4) is 0 Å². The molecule has 1 aliphatic rings. The SMILES string of the molecule is CC(C)(C)OC(=O)Nc1ccc(O)cc1N1CCNCC1. The number of benzene rings is 1. The first kappa shape index (κ1) is 15.4. The third-order valence-corrected chi connectivity index (χ3v) is 3.07. The number of carbonyl (C=O) groups excluding carboxylic acids is 1. The van der Waals surface area contributed by atoms with Crippen LogP contribution in [0, 0.1) is 0 Å². The second-order valence-electron chi connectivity index (χ2n) is 6.07. The molecule has 0 saturated carbocycles. The maximum atomic E-state index is 11.9. The summed E-state index contributed by atoms with van der Waals surface area (Å²) >= 11 is 0. The minimum absolute atomic E-state index is 0.179. The minimum Gasteiger partial charge on any atom is -0.508 e. The maximum Gasteiger partial charge on any atom is 0.412 e. The first-order chi connectivity index (χ1) is 9.85. The van der Waals surface area contributed by atoms with Gasteiger partial charge in [0, 0.05) is 32.2 Å². The van der Waals surface area contributed by atoms with Crippen molar-refractivity contribution in [2.75, 3.05) is 36.4 Å². The van der Waals surface area contributed by atoms with Crippen LogP contribution in [0.2, 0.25) is 0 Å². The van der Waals surface area contributed by atoms with Gasteiger partial charge in [0.25, 0.3) is 0 Å². The number of nitrogens with zero attached hydrogens (tertiary/aromatic N) is 1. The summed E-state index contributed by atoms with van der Waals surface area (Å²) in [4.78, 5) is 14.0. The van der Waals surface area contributed by atoms with Crippen molar-refractivity contribution in [1.29, 1.82) is 0 Å². The zero-order valence-electron chi connectivity index (χ0n) is 12.8. The van der Waals surface area contributed by atoms with Crippen LogP contribution in [-0.2, 0) is 4.74 Å². The molecule has 1 saturated heterocycles. The molecule has 1 heterocycles. The number of aromatic hydroxyl groups is 1. The number of piperazine rings is 1. The van der Waals surface area contributed by atoms with Crippen LogP contribution >= 0.6 is 0 Å². The average Bonchev–Trinajstić information content (AvgIpc) is 2.40. The molecule has 1 aliphatic heterocycles. The van der Waals surface area contributed by atoms with Crippen LogP contribution in [0.25, 0.3) is 0 Å². The summed E-state index contributed by atoms with van der Waals surface area (Å²) in [7, 11) is 0. The molecule has 0 atom stereocenters. The lowest BCUT2D eigenvalue weighted by Gasteiger charge is -2.31. The number of phenolic OH excluding ortho intramolecular Hbond substituents is 1. The molecule has 0 aliphatic carbocycles. The molecule has 0 spiro atoms. The van der Waals surface area contributed by atoms with E-state index in [-0.39, 0.29) is 5.75 Å². The molecule has 0 bridgehead atoms. The number of nitrogens with one attached hydrogen (secondary N) is 2. The Morgan fingerprint density at radius 1 is 1.33 bits per heavy atom. The molecule has 1 aromatic carbocycles. The number of anilines is 2. The number of amides is 1. The molecular weight excluding hydrogens is 270 g/mol. The molecule has 1 fully saturated rings. The lowest BCUT2D eigenvalue weighted by molar-refractivity contribution is 0.0636. The fourth-order valence-electron chi connectivity index (χ4n) is 2.21. The molecule has 6 nitrogen and oxygen atoms in total. The molecular formula is C15H23N3O3. The van der Waals surface area contributed by atoms with Crippen molar-refractivity contribution in [3.63, 3.8) is 0 Å². The zero-order chi connectivity index (χ0) is 15.5. The summed E-state index contributed by atoms with van der Waals surface area (Å²) in [5, 5.41) is 15.7. The topological polar surface area (TPSA) is 73.8 Å². The van der Waals surface area contributed by atoms with Gasteiger partial charge in [-0.3, -0.25) is 5.32 Å². The second-order valence-corrected chi connectivity index (χ2v) is 6.07. The van der Waals surface area contributed by atoms with E-state index in [9.17, 15) is 9.90 Å². The molecule has 1 aromatic rings. The first-order valence-electron chi connectivity index (χ1n) is 7.14. The van der Waals surface area contributed by atoms with Crippen molar-refractivity contribution < 1.29 is 14.6 Å². The Labute approximate surface area is 125 Å². The highest BCUT2D eigenvalue weighted by molar-refractivity contribution is 5.90. The predicted octanol–water partition coefficient (Wildman–Crippen LogP) is 2.15. The van der Waals surface area contributed by atoms with E-state index in [1.54, 1.807) is 18.2 Å². The largest absolute Gasteiger partial charge is 0.508 e. The summed E-state index contributed by atoms with van der Waals surface area (Å²) in [6, 6.07) is 4.91. The Morgan fingerprint density at radius 2 is 2.00 bits per heavy atom. The van der Waals surface area contributed by atoms with E-state index in [0.29, 0.717) is 5.69 Å². The van der Waals surface area contributed by atoms with Crippen molar-refractivity contribution >= 4 is 17.5 Å². The van der Waals surface area contributed by atoms with Crippen molar-refractivity contribution in [3.05, 3.63) is 18.2 Å². The molecule has 116 valence electrons. The Hall–Kier alpha value is -1.95. The molecule has 0 radical (unpaired) electrons. The van der Waals surface area contributed by atoms with Crippen molar-refractivity contribution in [3.8, 4) is 5.75 Å². The van der Waals surface area contributed by atoms with Gasteiger partial charge in [-0.1, -0.05) is 0 Å². The number of hydrogen-bond donors (Lipinski definition) is 3. The highest BCUT2D eigenvalue weighted by Gasteiger charge is 2.20. The van der Waals surface area contributed by atoms with E-state index >= 15 is 0 Å². The van der Waals surface area contributed by atoms with Crippen LogP contribution in [0.4, 0.5) is 16.2 Å². The Kier molecular flexibility index (Phi) is 4.57. The van der Waals surface area contributed by atoms with E-state index in [4.69, 9.17) is 4.74 Å². The fraction of sp³-hybridized carbons (Fsp3) is 0.533. The summed E-state index contributed by atoms with van der Waals surface area (Å²) in [6.45, 7) is 8.86. The zero-order valence-corrected chi connectivity index (χ0v) is 12.8. The van der Waals surface area contributed by atoms with Crippen molar-refractivity contribution in [2.45, 2.75) is 26.4 Å². The van der Waals surface area contributed by atoms with Crippen LogP contribution in [0.5, 0.6) is 5.75 Å². The van der Waals surface area contributed by atoms with Crippen LogP contribution in [0.15, 0.2) is 18.2 Å². The van der Waals surface area contributed by atoms with E-state index in [0.717, 1.165) is 31.9 Å². The van der Waals surface area contributed by atoms with E-state index < -0.39 is 11.7 Å². The van der Waals surface area contributed by atoms with Gasteiger partial charge in [0.1, 0.15) is 11.4 Å². The van der Waals surface area contributed by atoms with Crippen molar-refractivity contribution in [1.82, 2.24) is 5.32 Å². The van der Waals surface area contributed by atoms with Gasteiger partial charge >= 0.3 is 6.09 Å². The average molecular weight is 293 g/mol. The Morgan fingerprint density at radius 3 is 2.62 bits per heavy atom. The quantitative estimate of drug-likeness (QED) is 0.729. The van der Waals surface area contributed by atoms with E-state index in [1.807, 2.05) is 20.8 Å². The molecule has 1 amide bonds. The third kappa shape index (κ3) is 4.53. The second kappa shape index (κ2) is 6.22. The van der Waals surface area contributed by atoms with E-state index in [1.165, 1.54) is 0 Å². The summed E-state index contributed by atoms with van der Waals surface area (Å²) in [5.41, 5.74) is 0.905. The highest BCUT2D eigenvalue weighted by atomic mass is 16.6. The predicted molar refractivity (Wildman–Crippen MR) is 83.0 cm³/mol. The number of phenols is 1. The van der Waals surface area contributed by atoms with Gasteiger partial charge in [0.15, 0.2) is 0 Å². The van der Waals surface area contributed by atoms with Gasteiger partial charge < -0.3 is 20.1 Å². The van der Waals surface area contributed by atoms with Crippen LogP contribution in [-0.4, -0.2) is 43.0 Å². The lowest BCUT2D eigenvalue weighted by atomic mass is 10.2. The monoisotopic (exact) mass is 293 g/mol. The first-order valence-corrected chi connectivity index (χ1v) is 7.14. The molecule has 0 aromatic heterocycles. The van der Waals surface area contributed by atoms with E-state index in [2.05, 4.69) is 15.5 Å². The van der Waals surface area contributed by atoms with Gasteiger partial charge in [0.05, 0.1) is 11.4 Å². The molecule has 6 heteroatoms.